The summed E-state index contributed by atoms with van der Waals surface area (Å²) in [4.78, 5) is 22.9. The van der Waals surface area contributed by atoms with Gasteiger partial charge in [0.1, 0.15) is 0 Å². The monoisotopic (exact) mass is 230 g/mol. The fourth-order valence-electron chi connectivity index (χ4n) is 1.38. The standard InChI is InChI=1S/C12H10N2O3/c1-17-12(16)10-7-8-11(15)14(13-10)9-5-3-2-4-6-9/h2-8H,1H3. The van der Waals surface area contributed by atoms with Crippen molar-refractivity contribution in [2.24, 2.45) is 0 Å². The van der Waals surface area contributed by atoms with Crippen molar-refractivity contribution < 1.29 is 9.53 Å². The first-order valence-electron chi connectivity index (χ1n) is 4.96. The zero-order valence-electron chi connectivity index (χ0n) is 9.16. The van der Waals surface area contributed by atoms with Crippen LogP contribution in [0.4, 0.5) is 0 Å². The van der Waals surface area contributed by atoms with Gasteiger partial charge in [-0.05, 0) is 18.2 Å². The molecule has 0 aliphatic heterocycles. The van der Waals surface area contributed by atoms with Crippen molar-refractivity contribution in [2.75, 3.05) is 7.11 Å². The number of esters is 1. The van der Waals surface area contributed by atoms with Crippen LogP contribution >= 0.6 is 0 Å². The summed E-state index contributed by atoms with van der Waals surface area (Å²) in [7, 11) is 1.27. The summed E-state index contributed by atoms with van der Waals surface area (Å²) in [6.45, 7) is 0. The Bertz CT molecular complexity index is 590. The first kappa shape index (κ1) is 11.1. The van der Waals surface area contributed by atoms with Crippen molar-refractivity contribution in [1.82, 2.24) is 9.78 Å². The topological polar surface area (TPSA) is 61.2 Å². The normalized spacial score (nSPS) is 9.94. The third-order valence-corrected chi connectivity index (χ3v) is 2.20. The van der Waals surface area contributed by atoms with Gasteiger partial charge < -0.3 is 4.74 Å². The van der Waals surface area contributed by atoms with Gasteiger partial charge in [0, 0.05) is 6.07 Å². The first-order chi connectivity index (χ1) is 8.22. The minimum absolute atomic E-state index is 0.0935. The zero-order valence-corrected chi connectivity index (χ0v) is 9.16. The van der Waals surface area contributed by atoms with Crippen molar-refractivity contribution >= 4 is 5.97 Å². The molecule has 2 rings (SSSR count). The average Bonchev–Trinajstić information content (AvgIpc) is 2.39. The highest BCUT2D eigenvalue weighted by Crippen LogP contribution is 2.03. The molecule has 2 aromatic rings. The maximum absolute atomic E-state index is 11.6. The minimum atomic E-state index is -0.574. The first-order valence-corrected chi connectivity index (χ1v) is 4.96. The number of benzene rings is 1. The molecule has 0 amide bonds. The second-order valence-corrected chi connectivity index (χ2v) is 3.30. The fourth-order valence-corrected chi connectivity index (χ4v) is 1.38. The Kier molecular flexibility index (Phi) is 3.00. The summed E-state index contributed by atoms with van der Waals surface area (Å²) >= 11 is 0. The largest absolute Gasteiger partial charge is 0.464 e. The smallest absolute Gasteiger partial charge is 0.358 e. The molecule has 0 N–H and O–H groups in total. The van der Waals surface area contributed by atoms with Crippen LogP contribution in [0.3, 0.4) is 0 Å². The molecular formula is C12H10N2O3. The molecule has 17 heavy (non-hydrogen) atoms. The van der Waals surface area contributed by atoms with Crippen LogP contribution in [0, 0.1) is 0 Å². The van der Waals surface area contributed by atoms with Gasteiger partial charge in [0.2, 0.25) is 0 Å². The lowest BCUT2D eigenvalue weighted by atomic mass is 10.3. The van der Waals surface area contributed by atoms with E-state index in [9.17, 15) is 9.59 Å². The highest BCUT2D eigenvalue weighted by atomic mass is 16.5. The lowest BCUT2D eigenvalue weighted by Crippen LogP contribution is -2.23. The van der Waals surface area contributed by atoms with E-state index in [0.717, 1.165) is 4.68 Å². The molecule has 1 aromatic carbocycles. The zero-order chi connectivity index (χ0) is 12.3. The van der Waals surface area contributed by atoms with E-state index in [1.54, 1.807) is 24.3 Å². The van der Waals surface area contributed by atoms with E-state index in [1.807, 2.05) is 6.07 Å². The number of carbonyl (C=O) groups excluding carboxylic acids is 1. The maximum atomic E-state index is 11.6. The lowest BCUT2D eigenvalue weighted by molar-refractivity contribution is 0.0591. The van der Waals surface area contributed by atoms with Crippen LogP contribution < -0.4 is 5.56 Å². The second-order valence-electron chi connectivity index (χ2n) is 3.30. The predicted molar refractivity (Wildman–Crippen MR) is 61.2 cm³/mol. The molecule has 5 nitrogen and oxygen atoms in total. The van der Waals surface area contributed by atoms with E-state index >= 15 is 0 Å². The molecule has 0 aliphatic carbocycles. The van der Waals surface area contributed by atoms with Gasteiger partial charge in [-0.1, -0.05) is 18.2 Å². The molecule has 0 unspecified atom stereocenters. The third-order valence-electron chi connectivity index (χ3n) is 2.20. The number of para-hydroxylation sites is 1. The van der Waals surface area contributed by atoms with Crippen molar-refractivity contribution in [2.45, 2.75) is 0 Å². The van der Waals surface area contributed by atoms with E-state index in [1.165, 1.54) is 19.2 Å². The Balaban J connectivity index is 2.55. The number of hydrogen-bond donors (Lipinski definition) is 0. The summed E-state index contributed by atoms with van der Waals surface area (Å²) in [5.74, 6) is -0.574. The molecule has 86 valence electrons. The lowest BCUT2D eigenvalue weighted by Gasteiger charge is -2.05. The van der Waals surface area contributed by atoms with Gasteiger partial charge in [0.25, 0.3) is 5.56 Å². The fraction of sp³-hybridized carbons (Fsp3) is 0.0833. The van der Waals surface area contributed by atoms with Crippen LogP contribution in [-0.2, 0) is 4.74 Å². The molecule has 1 heterocycles. The number of aromatic nitrogens is 2. The Hall–Kier alpha value is -2.43. The Labute approximate surface area is 97.3 Å². The third kappa shape index (κ3) is 2.23. The average molecular weight is 230 g/mol. The predicted octanol–water partition coefficient (Wildman–Crippen LogP) is 1.02. The summed E-state index contributed by atoms with van der Waals surface area (Å²) in [5, 5.41) is 3.94. The van der Waals surface area contributed by atoms with Gasteiger partial charge in [-0.2, -0.15) is 9.78 Å². The molecule has 5 heteroatoms. The molecule has 0 aliphatic rings. The summed E-state index contributed by atoms with van der Waals surface area (Å²) in [6.07, 6.45) is 0. The summed E-state index contributed by atoms with van der Waals surface area (Å²) < 4.78 is 5.71. The van der Waals surface area contributed by atoms with Crippen molar-refractivity contribution in [3.8, 4) is 5.69 Å². The molecule has 0 radical (unpaired) electrons. The van der Waals surface area contributed by atoms with Gasteiger partial charge in [0.05, 0.1) is 12.8 Å². The van der Waals surface area contributed by atoms with Crippen molar-refractivity contribution in [3.63, 3.8) is 0 Å². The Morgan fingerprint density at radius 1 is 1.18 bits per heavy atom. The number of hydrogen-bond acceptors (Lipinski definition) is 4. The van der Waals surface area contributed by atoms with Gasteiger partial charge in [-0.25, -0.2) is 4.79 Å². The molecule has 0 atom stereocenters. The van der Waals surface area contributed by atoms with Gasteiger partial charge in [-0.15, -0.1) is 0 Å². The number of carbonyl (C=O) groups is 1. The minimum Gasteiger partial charge on any atom is -0.464 e. The number of methoxy groups -OCH3 is 1. The molecular weight excluding hydrogens is 220 g/mol. The van der Waals surface area contributed by atoms with Gasteiger partial charge >= 0.3 is 5.97 Å². The van der Waals surface area contributed by atoms with Crippen LogP contribution in [-0.4, -0.2) is 22.9 Å². The highest BCUT2D eigenvalue weighted by molar-refractivity contribution is 5.86. The molecule has 0 spiro atoms. The van der Waals surface area contributed by atoms with E-state index in [2.05, 4.69) is 9.84 Å². The van der Waals surface area contributed by atoms with E-state index < -0.39 is 5.97 Å². The van der Waals surface area contributed by atoms with E-state index in [4.69, 9.17) is 0 Å². The van der Waals surface area contributed by atoms with Crippen LogP contribution in [0.1, 0.15) is 10.5 Å². The molecule has 0 saturated heterocycles. The second kappa shape index (κ2) is 4.61. The van der Waals surface area contributed by atoms with Crippen molar-refractivity contribution in [1.29, 1.82) is 0 Å². The molecule has 0 fully saturated rings. The van der Waals surface area contributed by atoms with Crippen LogP contribution in [0.25, 0.3) is 5.69 Å². The van der Waals surface area contributed by atoms with E-state index in [-0.39, 0.29) is 11.3 Å². The van der Waals surface area contributed by atoms with Crippen LogP contribution in [0.5, 0.6) is 0 Å². The van der Waals surface area contributed by atoms with Gasteiger partial charge in [-0.3, -0.25) is 4.79 Å². The maximum Gasteiger partial charge on any atom is 0.358 e. The van der Waals surface area contributed by atoms with Gasteiger partial charge in [0.15, 0.2) is 5.69 Å². The van der Waals surface area contributed by atoms with E-state index in [0.29, 0.717) is 5.69 Å². The summed E-state index contributed by atoms with van der Waals surface area (Å²) in [5.41, 5.74) is 0.392. The van der Waals surface area contributed by atoms with Crippen LogP contribution in [0.2, 0.25) is 0 Å². The number of nitrogens with zero attached hydrogens (tertiary/aromatic N) is 2. The number of ether oxygens (including phenoxy) is 1. The Morgan fingerprint density at radius 2 is 1.88 bits per heavy atom. The summed E-state index contributed by atoms with van der Waals surface area (Å²) in [6, 6.07) is 11.5. The quantitative estimate of drug-likeness (QED) is 0.722. The molecule has 0 bridgehead atoms. The van der Waals surface area contributed by atoms with Crippen molar-refractivity contribution in [3.05, 3.63) is 58.5 Å². The molecule has 1 aromatic heterocycles. The SMILES string of the molecule is COC(=O)c1ccc(=O)n(-c2ccccc2)n1. The highest BCUT2D eigenvalue weighted by Gasteiger charge is 2.09. The number of rotatable bonds is 2. The van der Waals surface area contributed by atoms with Crippen LogP contribution in [0.15, 0.2) is 47.3 Å². The molecule has 0 saturated carbocycles. The Morgan fingerprint density at radius 3 is 2.53 bits per heavy atom.